The van der Waals surface area contributed by atoms with Crippen LogP contribution < -0.4 is 10.2 Å². The van der Waals surface area contributed by atoms with Crippen LogP contribution in [0.2, 0.25) is 0 Å². The monoisotopic (exact) mass is 375 g/mol. The number of hydrogen-bond donors (Lipinski definition) is 1. The minimum Gasteiger partial charge on any atom is -0.374 e. The van der Waals surface area contributed by atoms with Crippen molar-refractivity contribution in [3.8, 4) is 6.07 Å². The van der Waals surface area contributed by atoms with Crippen molar-refractivity contribution in [1.82, 2.24) is 10.3 Å². The van der Waals surface area contributed by atoms with Crippen molar-refractivity contribution in [2.24, 2.45) is 5.10 Å². The molecule has 2 aromatic carbocycles. The summed E-state index contributed by atoms with van der Waals surface area (Å²) in [6.45, 7) is 2.31. The molecule has 0 spiro atoms. The zero-order chi connectivity index (χ0) is 20.1. The summed E-state index contributed by atoms with van der Waals surface area (Å²) in [5.41, 5.74) is 1.30. The fourth-order valence-corrected chi connectivity index (χ4v) is 2.98. The highest BCUT2D eigenvalue weighted by molar-refractivity contribution is 6.07. The van der Waals surface area contributed by atoms with Crippen LogP contribution in [0.4, 0.5) is 10.5 Å². The van der Waals surface area contributed by atoms with Gasteiger partial charge in [-0.15, -0.1) is 5.01 Å². The van der Waals surface area contributed by atoms with Crippen molar-refractivity contribution in [1.29, 1.82) is 5.26 Å². The predicted octanol–water partition coefficient (Wildman–Crippen LogP) is 2.84. The van der Waals surface area contributed by atoms with Gasteiger partial charge in [-0.25, -0.2) is 4.79 Å². The molecule has 1 fully saturated rings. The summed E-state index contributed by atoms with van der Waals surface area (Å²) >= 11 is 0. The number of urea groups is 1. The first-order valence-corrected chi connectivity index (χ1v) is 8.90. The molecule has 1 N–H and O–H groups in total. The van der Waals surface area contributed by atoms with Gasteiger partial charge in [0.2, 0.25) is 0 Å². The maximum absolute atomic E-state index is 12.8. The largest absolute Gasteiger partial charge is 0.374 e. The van der Waals surface area contributed by atoms with Gasteiger partial charge < -0.3 is 10.2 Å². The van der Waals surface area contributed by atoms with Crippen LogP contribution in [-0.2, 0) is 10.3 Å². The molecule has 1 saturated heterocycles. The average molecular weight is 375 g/mol. The Kier molecular flexibility index (Phi) is 5.41. The summed E-state index contributed by atoms with van der Waals surface area (Å²) in [6, 6.07) is 18.1. The first kappa shape index (κ1) is 19.1. The number of benzene rings is 2. The number of carbonyl (C=O) groups excluding carboxylic acids is 2. The molecule has 1 aliphatic heterocycles. The Hall–Kier alpha value is -3.66. The molecule has 0 saturated carbocycles. The van der Waals surface area contributed by atoms with Crippen molar-refractivity contribution in [3.05, 3.63) is 65.7 Å². The van der Waals surface area contributed by atoms with Crippen molar-refractivity contribution in [2.75, 3.05) is 18.5 Å². The molecule has 2 aromatic rings. The highest BCUT2D eigenvalue weighted by atomic mass is 16.2. The fraction of sp³-hybridized carbons (Fsp3) is 0.238. The van der Waals surface area contributed by atoms with Crippen molar-refractivity contribution in [2.45, 2.75) is 18.9 Å². The number of nitrogens with one attached hydrogen (secondary N) is 1. The topological polar surface area (TPSA) is 88.8 Å². The molecule has 1 heterocycles. The lowest BCUT2D eigenvalue weighted by atomic mass is 9.92. The first-order valence-electron chi connectivity index (χ1n) is 8.90. The van der Waals surface area contributed by atoms with E-state index >= 15 is 0 Å². The predicted molar refractivity (Wildman–Crippen MR) is 107 cm³/mol. The number of carbonyl (C=O) groups is 2. The van der Waals surface area contributed by atoms with E-state index in [0.717, 1.165) is 16.3 Å². The number of anilines is 1. The van der Waals surface area contributed by atoms with Crippen LogP contribution in [0.1, 0.15) is 24.5 Å². The van der Waals surface area contributed by atoms with Crippen LogP contribution in [-0.4, -0.2) is 36.8 Å². The zero-order valence-corrected chi connectivity index (χ0v) is 15.8. The number of imide groups is 1. The summed E-state index contributed by atoms with van der Waals surface area (Å²) in [4.78, 5) is 27.1. The Bertz CT molecular complexity index is 934. The molecule has 142 valence electrons. The zero-order valence-electron chi connectivity index (χ0n) is 15.8. The number of hydrazone groups is 1. The van der Waals surface area contributed by atoms with Gasteiger partial charge in [-0.1, -0.05) is 42.5 Å². The summed E-state index contributed by atoms with van der Waals surface area (Å²) in [6.07, 6.45) is 1.93. The second-order valence-electron chi connectivity index (χ2n) is 6.70. The molecular weight excluding hydrogens is 354 g/mol. The smallest absolute Gasteiger partial charge is 0.346 e. The summed E-state index contributed by atoms with van der Waals surface area (Å²) in [5.74, 6) is -0.423. The summed E-state index contributed by atoms with van der Waals surface area (Å²) < 4.78 is 0. The maximum Gasteiger partial charge on any atom is 0.346 e. The molecule has 0 aromatic heterocycles. The molecule has 28 heavy (non-hydrogen) atoms. The molecule has 0 bridgehead atoms. The Morgan fingerprint density at radius 3 is 2.50 bits per heavy atom. The number of nitriles is 1. The van der Waals surface area contributed by atoms with E-state index in [2.05, 4.69) is 16.5 Å². The van der Waals surface area contributed by atoms with Crippen LogP contribution in [0.25, 0.3) is 0 Å². The molecule has 0 radical (unpaired) electrons. The Morgan fingerprint density at radius 1 is 1.18 bits per heavy atom. The second kappa shape index (κ2) is 7.92. The highest BCUT2D eigenvalue weighted by Crippen LogP contribution is 2.28. The van der Waals surface area contributed by atoms with Gasteiger partial charge in [0.1, 0.15) is 5.54 Å². The molecule has 0 aliphatic carbocycles. The highest BCUT2D eigenvalue weighted by Gasteiger charge is 2.49. The third-order valence-electron chi connectivity index (χ3n) is 4.74. The number of nitrogens with zero attached hydrogens (tertiary/aromatic N) is 4. The van der Waals surface area contributed by atoms with E-state index in [4.69, 9.17) is 5.26 Å². The molecular formula is C21H21N5O2. The molecule has 3 amide bonds. The Morgan fingerprint density at radius 2 is 1.86 bits per heavy atom. The van der Waals surface area contributed by atoms with E-state index in [1.165, 1.54) is 6.21 Å². The third kappa shape index (κ3) is 3.71. The minimum atomic E-state index is -1.14. The quantitative estimate of drug-likeness (QED) is 0.621. The molecule has 0 unspecified atom stereocenters. The molecule has 7 heteroatoms. The van der Waals surface area contributed by atoms with Crippen LogP contribution in [0.15, 0.2) is 59.7 Å². The van der Waals surface area contributed by atoms with Gasteiger partial charge in [0.05, 0.1) is 18.7 Å². The molecule has 3 rings (SSSR count). The van der Waals surface area contributed by atoms with Gasteiger partial charge in [0.25, 0.3) is 5.91 Å². The second-order valence-corrected chi connectivity index (χ2v) is 6.70. The van der Waals surface area contributed by atoms with Crippen LogP contribution in [0, 0.1) is 11.3 Å². The van der Waals surface area contributed by atoms with Gasteiger partial charge in [0, 0.05) is 19.3 Å². The van der Waals surface area contributed by atoms with Crippen molar-refractivity contribution < 1.29 is 9.59 Å². The van der Waals surface area contributed by atoms with Gasteiger partial charge in [0.15, 0.2) is 0 Å². The van der Waals surface area contributed by atoms with E-state index in [-0.39, 0.29) is 0 Å². The van der Waals surface area contributed by atoms with E-state index in [9.17, 15) is 9.59 Å². The van der Waals surface area contributed by atoms with Gasteiger partial charge in [-0.2, -0.15) is 10.4 Å². The van der Waals surface area contributed by atoms with Crippen LogP contribution in [0.5, 0.6) is 0 Å². The van der Waals surface area contributed by atoms with E-state index < -0.39 is 17.5 Å². The molecule has 1 aliphatic rings. The Balaban J connectivity index is 1.73. The lowest BCUT2D eigenvalue weighted by molar-refractivity contribution is -0.131. The average Bonchev–Trinajstić information content (AvgIpc) is 2.94. The van der Waals surface area contributed by atoms with E-state index in [0.29, 0.717) is 18.5 Å². The normalized spacial score (nSPS) is 19.0. The number of amides is 3. The van der Waals surface area contributed by atoms with Gasteiger partial charge in [-0.05, 0) is 30.2 Å². The van der Waals surface area contributed by atoms with Gasteiger partial charge >= 0.3 is 6.03 Å². The number of hydrogen-bond acceptors (Lipinski definition) is 5. The van der Waals surface area contributed by atoms with Crippen LogP contribution in [0.3, 0.4) is 0 Å². The SMILES string of the molecule is CN(CCC#N)c1ccc(/C=N\N2C(=O)N[C@@](C)(c3ccccc3)C2=O)cc1. The number of rotatable bonds is 6. The van der Waals surface area contributed by atoms with Crippen LogP contribution >= 0.6 is 0 Å². The van der Waals surface area contributed by atoms with Crippen molar-refractivity contribution >= 4 is 23.8 Å². The van der Waals surface area contributed by atoms with Crippen molar-refractivity contribution in [3.63, 3.8) is 0 Å². The fourth-order valence-electron chi connectivity index (χ4n) is 2.98. The lowest BCUT2D eigenvalue weighted by Gasteiger charge is -2.20. The first-order chi connectivity index (χ1) is 13.5. The maximum atomic E-state index is 12.8. The minimum absolute atomic E-state index is 0.423. The lowest BCUT2D eigenvalue weighted by Crippen LogP contribution is -2.40. The standard InChI is InChI=1S/C21H21N5O2/c1-21(17-7-4-3-5-8-17)19(27)26(20(28)24-21)23-15-16-9-11-18(12-10-16)25(2)14-6-13-22/h3-5,7-12,15H,6,14H2,1-2H3,(H,24,28)/b23-15-/t21-/m0/s1. The van der Waals surface area contributed by atoms with Gasteiger partial charge in [-0.3, -0.25) is 4.79 Å². The van der Waals surface area contributed by atoms with E-state index in [1.54, 1.807) is 19.1 Å². The summed E-state index contributed by atoms with van der Waals surface area (Å²) in [7, 11) is 1.91. The molecule has 1 atom stereocenters. The molecule has 7 nitrogen and oxygen atoms in total. The third-order valence-corrected chi connectivity index (χ3v) is 4.74. The van der Waals surface area contributed by atoms with E-state index in [1.807, 2.05) is 54.4 Å². The summed E-state index contributed by atoms with van der Waals surface area (Å²) in [5, 5.41) is 16.3. The Labute approximate surface area is 163 Å².